The van der Waals surface area contributed by atoms with Gasteiger partial charge in [0.25, 0.3) is 0 Å². The first kappa shape index (κ1) is 16.1. The monoisotopic (exact) mass is 342 g/mol. The molecule has 0 saturated carbocycles. The molecule has 3 aromatic rings. The normalized spacial score (nSPS) is 12.4. The zero-order chi connectivity index (χ0) is 16.9. The Morgan fingerprint density at radius 2 is 2.12 bits per heavy atom. The minimum absolute atomic E-state index is 0.277. The van der Waals surface area contributed by atoms with E-state index in [0.717, 1.165) is 11.3 Å². The Balaban J connectivity index is 1.84. The number of carbonyl (C=O) groups excluding carboxylic acids is 1. The van der Waals surface area contributed by atoms with E-state index in [1.54, 1.807) is 36.1 Å². The lowest BCUT2D eigenvalue weighted by Crippen LogP contribution is -2.29. The predicted octanol–water partition coefficient (Wildman–Crippen LogP) is 2.93. The van der Waals surface area contributed by atoms with Gasteiger partial charge in [-0.25, -0.2) is 14.4 Å². The molecule has 0 spiro atoms. The van der Waals surface area contributed by atoms with Crippen LogP contribution in [0.2, 0.25) is 0 Å². The van der Waals surface area contributed by atoms with Crippen molar-refractivity contribution in [2.45, 2.75) is 6.04 Å². The molecule has 1 N–H and O–H groups in total. The predicted molar refractivity (Wildman–Crippen MR) is 90.7 cm³/mol. The third-order valence-corrected chi connectivity index (χ3v) is 4.07. The number of aromatic nitrogens is 3. The summed E-state index contributed by atoms with van der Waals surface area (Å²) in [6.45, 7) is 0. The second kappa shape index (κ2) is 7.18. The summed E-state index contributed by atoms with van der Waals surface area (Å²) in [6.07, 6.45) is 6.52. The largest absolute Gasteiger partial charge is 0.339 e. The van der Waals surface area contributed by atoms with Crippen LogP contribution >= 0.6 is 11.3 Å². The zero-order valence-corrected chi connectivity index (χ0v) is 13.7. The molecule has 2 aromatic heterocycles. The van der Waals surface area contributed by atoms with E-state index in [0.29, 0.717) is 5.82 Å². The number of nitrogens with zero attached hydrogens (tertiary/aromatic N) is 3. The van der Waals surface area contributed by atoms with Gasteiger partial charge in [-0.1, -0.05) is 12.1 Å². The second-order valence-corrected chi connectivity index (χ2v) is 5.85. The van der Waals surface area contributed by atoms with Crippen LogP contribution in [0, 0.1) is 5.82 Å². The number of thiazole rings is 1. The number of hydrogen-bond donors (Lipinski definition) is 1. The molecule has 7 heteroatoms. The molecule has 2 heterocycles. The van der Waals surface area contributed by atoms with Gasteiger partial charge in [0.2, 0.25) is 5.91 Å². The Morgan fingerprint density at radius 3 is 2.75 bits per heavy atom. The van der Waals surface area contributed by atoms with Crippen LogP contribution in [0.25, 0.3) is 6.08 Å². The molecule has 1 atom stereocenters. The van der Waals surface area contributed by atoms with Gasteiger partial charge < -0.3 is 9.88 Å². The fourth-order valence-electron chi connectivity index (χ4n) is 2.26. The third-order valence-electron chi connectivity index (χ3n) is 3.46. The van der Waals surface area contributed by atoms with Crippen LogP contribution in [0.1, 0.15) is 23.1 Å². The van der Waals surface area contributed by atoms with Crippen LogP contribution < -0.4 is 5.32 Å². The smallest absolute Gasteiger partial charge is 0.244 e. The van der Waals surface area contributed by atoms with E-state index in [-0.39, 0.29) is 11.7 Å². The van der Waals surface area contributed by atoms with Gasteiger partial charge in [-0.15, -0.1) is 11.3 Å². The summed E-state index contributed by atoms with van der Waals surface area (Å²) in [5.41, 5.74) is 3.18. The highest BCUT2D eigenvalue weighted by Crippen LogP contribution is 2.20. The summed E-state index contributed by atoms with van der Waals surface area (Å²) in [4.78, 5) is 20.7. The van der Waals surface area contributed by atoms with Gasteiger partial charge in [-0.05, 0) is 23.8 Å². The molecule has 0 aliphatic rings. The highest BCUT2D eigenvalue weighted by Gasteiger charge is 2.19. The first-order chi connectivity index (χ1) is 11.6. The topological polar surface area (TPSA) is 59.8 Å². The number of halogens is 1. The number of benzene rings is 1. The Kier molecular flexibility index (Phi) is 4.81. The zero-order valence-electron chi connectivity index (χ0n) is 12.9. The first-order valence-electron chi connectivity index (χ1n) is 7.23. The first-order valence-corrected chi connectivity index (χ1v) is 8.17. The van der Waals surface area contributed by atoms with E-state index < -0.39 is 6.04 Å². The molecular weight excluding hydrogens is 327 g/mol. The Labute approximate surface area is 142 Å². The molecular formula is C17H15FN4OS. The van der Waals surface area contributed by atoms with Gasteiger partial charge in [0.05, 0.1) is 11.2 Å². The third kappa shape index (κ3) is 3.75. The van der Waals surface area contributed by atoms with E-state index in [9.17, 15) is 9.18 Å². The van der Waals surface area contributed by atoms with Crippen molar-refractivity contribution in [2.75, 3.05) is 0 Å². The number of hydrogen-bond acceptors (Lipinski definition) is 4. The molecule has 0 aliphatic carbocycles. The molecule has 0 radical (unpaired) electrons. The maximum Gasteiger partial charge on any atom is 0.244 e. The Morgan fingerprint density at radius 1 is 1.33 bits per heavy atom. The number of nitrogens with one attached hydrogen (secondary N) is 1. The standard InChI is InChI=1S/C17H15FN4OS/c1-22-9-8-19-17(22)16(12-2-4-13(18)5-3-12)21-15(23)7-6-14-10-24-11-20-14/h2-11,16H,1H3,(H,21,23). The SMILES string of the molecule is Cn1ccnc1C(NC(=O)C=Cc1cscn1)c1ccc(F)cc1. The van der Waals surface area contributed by atoms with Gasteiger partial charge in [-0.2, -0.15) is 0 Å². The van der Waals surface area contributed by atoms with Gasteiger partial charge in [0.1, 0.15) is 17.7 Å². The number of imidazole rings is 1. The van der Waals surface area contributed by atoms with Crippen LogP contribution in [0.3, 0.4) is 0 Å². The molecule has 1 aromatic carbocycles. The van der Waals surface area contributed by atoms with Crippen molar-refractivity contribution < 1.29 is 9.18 Å². The number of carbonyl (C=O) groups is 1. The summed E-state index contributed by atoms with van der Waals surface area (Å²) >= 11 is 1.46. The van der Waals surface area contributed by atoms with Crippen LogP contribution in [0.4, 0.5) is 4.39 Å². The van der Waals surface area contributed by atoms with Crippen molar-refractivity contribution in [1.82, 2.24) is 19.9 Å². The lowest BCUT2D eigenvalue weighted by atomic mass is 10.1. The lowest BCUT2D eigenvalue weighted by molar-refractivity contribution is -0.117. The van der Waals surface area contributed by atoms with Crippen molar-refractivity contribution in [1.29, 1.82) is 0 Å². The van der Waals surface area contributed by atoms with Crippen LogP contribution in [-0.2, 0) is 11.8 Å². The van der Waals surface area contributed by atoms with Crippen molar-refractivity contribution in [3.8, 4) is 0 Å². The maximum absolute atomic E-state index is 13.2. The fourth-order valence-corrected chi connectivity index (χ4v) is 2.79. The van der Waals surface area contributed by atoms with E-state index >= 15 is 0 Å². The summed E-state index contributed by atoms with van der Waals surface area (Å²) in [5.74, 6) is 0.0597. The van der Waals surface area contributed by atoms with E-state index in [2.05, 4.69) is 15.3 Å². The lowest BCUT2D eigenvalue weighted by Gasteiger charge is -2.18. The number of aryl methyl sites for hydroxylation is 1. The molecule has 0 aliphatic heterocycles. The Bertz CT molecular complexity index is 840. The second-order valence-electron chi connectivity index (χ2n) is 5.14. The average Bonchev–Trinajstić information content (AvgIpc) is 3.23. The average molecular weight is 342 g/mol. The summed E-state index contributed by atoms with van der Waals surface area (Å²) < 4.78 is 15.0. The molecule has 3 rings (SSSR count). The minimum atomic E-state index is -0.474. The molecule has 0 saturated heterocycles. The molecule has 0 fully saturated rings. The highest BCUT2D eigenvalue weighted by molar-refractivity contribution is 7.07. The van der Waals surface area contributed by atoms with Gasteiger partial charge >= 0.3 is 0 Å². The van der Waals surface area contributed by atoms with Gasteiger partial charge in [0, 0.05) is 30.9 Å². The quantitative estimate of drug-likeness (QED) is 0.725. The summed E-state index contributed by atoms with van der Waals surface area (Å²) in [7, 11) is 1.84. The highest BCUT2D eigenvalue weighted by atomic mass is 32.1. The summed E-state index contributed by atoms with van der Waals surface area (Å²) in [5, 5.41) is 4.75. The van der Waals surface area contributed by atoms with E-state index in [1.165, 1.54) is 29.5 Å². The van der Waals surface area contributed by atoms with Crippen LogP contribution in [0.5, 0.6) is 0 Å². The molecule has 1 amide bonds. The van der Waals surface area contributed by atoms with E-state index in [1.807, 2.05) is 17.0 Å². The molecule has 5 nitrogen and oxygen atoms in total. The summed E-state index contributed by atoms with van der Waals surface area (Å²) in [6, 6.07) is 5.53. The van der Waals surface area contributed by atoms with Crippen LogP contribution in [-0.4, -0.2) is 20.4 Å². The van der Waals surface area contributed by atoms with Crippen molar-refractivity contribution in [3.05, 3.63) is 76.5 Å². The van der Waals surface area contributed by atoms with Crippen molar-refractivity contribution >= 4 is 23.3 Å². The fraction of sp³-hybridized carbons (Fsp3) is 0.118. The van der Waals surface area contributed by atoms with Crippen molar-refractivity contribution in [2.24, 2.45) is 7.05 Å². The molecule has 0 bridgehead atoms. The minimum Gasteiger partial charge on any atom is -0.339 e. The van der Waals surface area contributed by atoms with Crippen LogP contribution in [0.15, 0.2) is 53.6 Å². The van der Waals surface area contributed by atoms with Crippen molar-refractivity contribution in [3.63, 3.8) is 0 Å². The van der Waals surface area contributed by atoms with Gasteiger partial charge in [0.15, 0.2) is 0 Å². The van der Waals surface area contributed by atoms with E-state index in [4.69, 9.17) is 0 Å². The number of amides is 1. The molecule has 122 valence electrons. The molecule has 24 heavy (non-hydrogen) atoms. The Hall–Kier alpha value is -2.80. The van der Waals surface area contributed by atoms with Gasteiger partial charge in [-0.3, -0.25) is 4.79 Å². The maximum atomic E-state index is 13.2. The number of rotatable bonds is 5. The molecule has 1 unspecified atom stereocenters.